The molecule has 0 saturated heterocycles. The van der Waals surface area contributed by atoms with Crippen molar-refractivity contribution in [2.24, 2.45) is 0 Å². The summed E-state index contributed by atoms with van der Waals surface area (Å²) >= 11 is 0. The van der Waals surface area contributed by atoms with E-state index in [1.54, 1.807) is 0 Å². The maximum atomic E-state index is 13.7. The Morgan fingerprint density at radius 1 is 1.11 bits per heavy atom. The average Bonchev–Trinajstić information content (AvgIpc) is 2.67. The molecule has 1 amide bonds. The van der Waals surface area contributed by atoms with Gasteiger partial charge in [0.2, 0.25) is 5.95 Å². The lowest BCUT2D eigenvalue weighted by atomic mass is 10.0. The van der Waals surface area contributed by atoms with Gasteiger partial charge in [-0.1, -0.05) is 32.3 Å². The third kappa shape index (κ3) is 5.80. The number of pyridine rings is 1. The first-order valence-corrected chi connectivity index (χ1v) is 8.95. The molecule has 2 aromatic rings. The van der Waals surface area contributed by atoms with Crippen LogP contribution in [0.25, 0.3) is 0 Å². The molecule has 1 heterocycles. The van der Waals surface area contributed by atoms with Crippen molar-refractivity contribution in [3.63, 3.8) is 0 Å². The van der Waals surface area contributed by atoms with Crippen LogP contribution in [-0.4, -0.2) is 29.3 Å². The highest BCUT2D eigenvalue weighted by molar-refractivity contribution is 5.98. The molecule has 1 N–H and O–H groups in total. The van der Waals surface area contributed by atoms with Crippen molar-refractivity contribution in [3.05, 3.63) is 59.7 Å². The number of nitrogens with zero attached hydrogens (tertiary/aromatic N) is 1. The van der Waals surface area contributed by atoms with Crippen LogP contribution < -0.4 is 10.1 Å². The SMILES string of the molecule is CCCCC[C@H](NC(=O)c1cccnc1F)C(=O)COc1c(F)cccc1F. The molecule has 1 atom stereocenters. The number of ketones is 1. The van der Waals surface area contributed by atoms with Crippen molar-refractivity contribution in [2.45, 2.75) is 38.6 Å². The Hall–Kier alpha value is -2.90. The first-order chi connectivity index (χ1) is 13.4. The second-order valence-electron chi connectivity index (χ2n) is 6.17. The Labute approximate surface area is 160 Å². The van der Waals surface area contributed by atoms with E-state index in [2.05, 4.69) is 10.3 Å². The summed E-state index contributed by atoms with van der Waals surface area (Å²) in [6.07, 6.45) is 3.85. The molecule has 1 aromatic heterocycles. The first kappa shape index (κ1) is 21.4. The summed E-state index contributed by atoms with van der Waals surface area (Å²) in [5.41, 5.74) is -0.295. The number of halogens is 3. The van der Waals surface area contributed by atoms with Crippen molar-refractivity contribution in [1.82, 2.24) is 10.3 Å². The first-order valence-electron chi connectivity index (χ1n) is 8.95. The summed E-state index contributed by atoms with van der Waals surface area (Å²) in [7, 11) is 0. The Balaban J connectivity index is 2.07. The lowest BCUT2D eigenvalue weighted by Gasteiger charge is -2.18. The van der Waals surface area contributed by atoms with Crippen molar-refractivity contribution in [2.75, 3.05) is 6.61 Å². The molecule has 0 fully saturated rings. The van der Waals surface area contributed by atoms with Crippen molar-refractivity contribution >= 4 is 11.7 Å². The molecule has 8 heteroatoms. The number of aromatic nitrogens is 1. The van der Waals surface area contributed by atoms with Crippen molar-refractivity contribution < 1.29 is 27.5 Å². The van der Waals surface area contributed by atoms with Gasteiger partial charge < -0.3 is 10.1 Å². The number of unbranched alkanes of at least 4 members (excludes halogenated alkanes) is 2. The number of ether oxygens (including phenoxy) is 1. The number of benzene rings is 1. The Morgan fingerprint density at radius 3 is 2.46 bits per heavy atom. The zero-order valence-corrected chi connectivity index (χ0v) is 15.4. The molecular formula is C20H21F3N2O3. The van der Waals surface area contributed by atoms with Gasteiger partial charge in [0, 0.05) is 6.20 Å². The normalized spacial score (nSPS) is 11.7. The minimum absolute atomic E-state index is 0.295. The summed E-state index contributed by atoms with van der Waals surface area (Å²) in [6, 6.07) is 4.86. The number of rotatable bonds is 10. The van der Waals surface area contributed by atoms with Crippen LogP contribution in [0.5, 0.6) is 5.75 Å². The predicted molar refractivity (Wildman–Crippen MR) is 96.5 cm³/mol. The number of Topliss-reactive ketones (excluding diaryl/α,β-unsaturated/α-hetero) is 1. The smallest absolute Gasteiger partial charge is 0.256 e. The largest absolute Gasteiger partial charge is 0.480 e. The zero-order chi connectivity index (χ0) is 20.5. The Kier molecular flexibility index (Phi) is 7.98. The molecule has 150 valence electrons. The lowest BCUT2D eigenvalue weighted by Crippen LogP contribution is -2.43. The van der Waals surface area contributed by atoms with Gasteiger partial charge in [0.05, 0.1) is 11.6 Å². The second-order valence-corrected chi connectivity index (χ2v) is 6.17. The number of hydrogen-bond donors (Lipinski definition) is 1. The summed E-state index contributed by atoms with van der Waals surface area (Å²) in [5.74, 6) is -4.85. The standard InChI is InChI=1S/C20H21F3N2O3/c1-2-3-4-10-16(25-20(27)13-7-6-11-24-19(13)23)17(26)12-28-18-14(21)8-5-9-15(18)22/h5-9,11,16H,2-4,10,12H2,1H3,(H,25,27)/t16-/m0/s1. The predicted octanol–water partition coefficient (Wildman–Crippen LogP) is 3.83. The summed E-state index contributed by atoms with van der Waals surface area (Å²) in [4.78, 5) is 28.2. The summed E-state index contributed by atoms with van der Waals surface area (Å²) < 4.78 is 45.9. The quantitative estimate of drug-likeness (QED) is 0.491. The van der Waals surface area contributed by atoms with E-state index in [0.717, 1.165) is 25.0 Å². The molecule has 0 aliphatic rings. The van der Waals surface area contributed by atoms with E-state index in [1.165, 1.54) is 24.4 Å². The van der Waals surface area contributed by atoms with Crippen molar-refractivity contribution in [1.29, 1.82) is 0 Å². The molecule has 0 unspecified atom stereocenters. The van der Waals surface area contributed by atoms with Crippen LogP contribution in [0.3, 0.4) is 0 Å². The van der Waals surface area contributed by atoms with Gasteiger partial charge >= 0.3 is 0 Å². The summed E-state index contributed by atoms with van der Waals surface area (Å²) in [6.45, 7) is 1.34. The van der Waals surface area contributed by atoms with Crippen LogP contribution in [0.4, 0.5) is 13.2 Å². The number of para-hydroxylation sites is 1. The molecule has 2 rings (SSSR count). The number of carbonyl (C=O) groups excluding carboxylic acids is 2. The molecule has 0 aliphatic heterocycles. The highest BCUT2D eigenvalue weighted by atomic mass is 19.1. The molecule has 1 aromatic carbocycles. The monoisotopic (exact) mass is 394 g/mol. The second kappa shape index (κ2) is 10.4. The van der Waals surface area contributed by atoms with E-state index < -0.39 is 47.7 Å². The topological polar surface area (TPSA) is 68.3 Å². The van der Waals surface area contributed by atoms with Gasteiger partial charge in [-0.2, -0.15) is 4.39 Å². The minimum Gasteiger partial charge on any atom is -0.480 e. The average molecular weight is 394 g/mol. The van der Waals surface area contributed by atoms with E-state index in [4.69, 9.17) is 4.74 Å². The zero-order valence-electron chi connectivity index (χ0n) is 15.4. The number of hydrogen-bond acceptors (Lipinski definition) is 4. The fourth-order valence-corrected chi connectivity index (χ4v) is 2.57. The Bertz CT molecular complexity index is 810. The van der Waals surface area contributed by atoms with E-state index >= 15 is 0 Å². The molecule has 0 spiro atoms. The highest BCUT2D eigenvalue weighted by Crippen LogP contribution is 2.21. The maximum absolute atomic E-state index is 13.7. The van der Waals surface area contributed by atoms with Crippen LogP contribution in [0.1, 0.15) is 43.0 Å². The van der Waals surface area contributed by atoms with Crippen LogP contribution in [0.15, 0.2) is 36.5 Å². The molecule has 0 bridgehead atoms. The molecular weight excluding hydrogens is 373 g/mol. The van der Waals surface area contributed by atoms with Gasteiger partial charge in [0.25, 0.3) is 5.91 Å². The third-order valence-corrected chi connectivity index (χ3v) is 4.07. The molecule has 0 aliphatic carbocycles. The molecule has 0 radical (unpaired) electrons. The lowest BCUT2D eigenvalue weighted by molar-refractivity contribution is -0.123. The van der Waals surface area contributed by atoms with Crippen LogP contribution in [-0.2, 0) is 4.79 Å². The third-order valence-electron chi connectivity index (χ3n) is 4.07. The van der Waals surface area contributed by atoms with Crippen molar-refractivity contribution in [3.8, 4) is 5.75 Å². The van der Waals surface area contributed by atoms with Crippen LogP contribution in [0, 0.1) is 17.6 Å². The van der Waals surface area contributed by atoms with E-state index in [1.807, 2.05) is 6.92 Å². The van der Waals surface area contributed by atoms with Gasteiger partial charge in [-0.15, -0.1) is 0 Å². The Morgan fingerprint density at radius 2 is 1.82 bits per heavy atom. The molecule has 28 heavy (non-hydrogen) atoms. The molecule has 0 saturated carbocycles. The van der Waals surface area contributed by atoms with Gasteiger partial charge in [-0.3, -0.25) is 9.59 Å². The number of carbonyl (C=O) groups is 2. The number of amides is 1. The number of nitrogens with one attached hydrogen (secondary N) is 1. The van der Waals surface area contributed by atoms with Gasteiger partial charge in [-0.05, 0) is 30.7 Å². The molecule has 5 nitrogen and oxygen atoms in total. The van der Waals surface area contributed by atoms with Gasteiger partial charge in [0.15, 0.2) is 23.2 Å². The van der Waals surface area contributed by atoms with E-state index in [9.17, 15) is 22.8 Å². The van der Waals surface area contributed by atoms with Crippen LogP contribution >= 0.6 is 0 Å². The van der Waals surface area contributed by atoms with E-state index in [-0.39, 0.29) is 5.56 Å². The maximum Gasteiger partial charge on any atom is 0.256 e. The fourth-order valence-electron chi connectivity index (χ4n) is 2.57. The van der Waals surface area contributed by atoms with Gasteiger partial charge in [-0.25, -0.2) is 13.8 Å². The summed E-state index contributed by atoms with van der Waals surface area (Å²) in [5, 5.41) is 2.46. The van der Waals surface area contributed by atoms with Gasteiger partial charge in [0.1, 0.15) is 6.61 Å². The van der Waals surface area contributed by atoms with E-state index in [0.29, 0.717) is 12.8 Å². The minimum atomic E-state index is -0.978. The fraction of sp³-hybridized carbons (Fsp3) is 0.350. The highest BCUT2D eigenvalue weighted by Gasteiger charge is 2.24. The van der Waals surface area contributed by atoms with Crippen LogP contribution in [0.2, 0.25) is 0 Å².